The maximum absolute atomic E-state index is 11.1. The number of aliphatic hydroxyl groups is 1. The van der Waals surface area contributed by atoms with Gasteiger partial charge in [0.25, 0.3) is 0 Å². The van der Waals surface area contributed by atoms with E-state index in [-0.39, 0.29) is 12.3 Å². The first-order valence-electron chi connectivity index (χ1n) is 4.13. The number of sulfonamides is 1. The lowest BCUT2D eigenvalue weighted by atomic mass is 10.4. The Hall–Kier alpha value is -0.130. The van der Waals surface area contributed by atoms with Gasteiger partial charge in [-0.2, -0.15) is 0 Å². The zero-order valence-corrected chi connectivity index (χ0v) is 8.39. The summed E-state index contributed by atoms with van der Waals surface area (Å²) in [6.07, 6.45) is 0.895. The molecule has 0 spiro atoms. The molecule has 1 unspecified atom stereocenters. The summed E-state index contributed by atoms with van der Waals surface area (Å²) in [6, 6.07) is 0. The SMILES string of the molecule is CCCCS(=O)(=O)NCC(C)O. The molecule has 4 nitrogen and oxygen atoms in total. The zero-order valence-electron chi connectivity index (χ0n) is 7.58. The number of unbranched alkanes of at least 4 members (excludes halogenated alkanes) is 1. The fourth-order valence-corrected chi connectivity index (χ4v) is 1.96. The van der Waals surface area contributed by atoms with Gasteiger partial charge in [-0.05, 0) is 13.3 Å². The Morgan fingerprint density at radius 3 is 2.50 bits per heavy atom. The Balaban J connectivity index is 3.73. The predicted octanol–water partition coefficient (Wildman–Crippen LogP) is 0.0867. The van der Waals surface area contributed by atoms with E-state index in [0.717, 1.165) is 6.42 Å². The van der Waals surface area contributed by atoms with E-state index in [0.29, 0.717) is 6.42 Å². The Labute approximate surface area is 74.0 Å². The van der Waals surface area contributed by atoms with Crippen LogP contribution in [-0.4, -0.2) is 31.9 Å². The summed E-state index contributed by atoms with van der Waals surface area (Å²) in [5, 5.41) is 8.81. The molecule has 0 aliphatic heterocycles. The van der Waals surface area contributed by atoms with Crippen molar-refractivity contribution < 1.29 is 13.5 Å². The molecule has 0 aromatic heterocycles. The van der Waals surface area contributed by atoms with Crippen molar-refractivity contribution >= 4 is 10.0 Å². The third-order valence-corrected chi connectivity index (χ3v) is 2.80. The number of rotatable bonds is 6. The summed E-state index contributed by atoms with van der Waals surface area (Å²) in [5.74, 6) is 0.149. The highest BCUT2D eigenvalue weighted by atomic mass is 32.2. The molecule has 0 fully saturated rings. The Morgan fingerprint density at radius 2 is 2.08 bits per heavy atom. The number of hydrogen-bond donors (Lipinski definition) is 2. The normalized spacial score (nSPS) is 14.6. The van der Waals surface area contributed by atoms with Crippen LogP contribution >= 0.6 is 0 Å². The van der Waals surface area contributed by atoms with Crippen LogP contribution in [0.25, 0.3) is 0 Å². The molecule has 0 aliphatic rings. The van der Waals surface area contributed by atoms with Gasteiger partial charge >= 0.3 is 0 Å². The highest BCUT2D eigenvalue weighted by molar-refractivity contribution is 7.89. The molecule has 0 rings (SSSR count). The van der Waals surface area contributed by atoms with E-state index in [9.17, 15) is 8.42 Å². The molecule has 1 atom stereocenters. The number of nitrogens with one attached hydrogen (secondary N) is 1. The van der Waals surface area contributed by atoms with Gasteiger partial charge in [0.1, 0.15) is 0 Å². The van der Waals surface area contributed by atoms with Gasteiger partial charge in [0.05, 0.1) is 11.9 Å². The molecule has 0 heterocycles. The summed E-state index contributed by atoms with van der Waals surface area (Å²) in [4.78, 5) is 0. The van der Waals surface area contributed by atoms with Crippen LogP contribution < -0.4 is 4.72 Å². The third kappa shape index (κ3) is 6.57. The molecule has 0 saturated carbocycles. The maximum Gasteiger partial charge on any atom is 0.211 e. The van der Waals surface area contributed by atoms with Crippen molar-refractivity contribution in [3.8, 4) is 0 Å². The molecular formula is C7H17NO3S. The summed E-state index contributed by atoms with van der Waals surface area (Å²) in [5.41, 5.74) is 0. The van der Waals surface area contributed by atoms with Crippen molar-refractivity contribution in [3.63, 3.8) is 0 Å². The van der Waals surface area contributed by atoms with Crippen LogP contribution in [0, 0.1) is 0 Å². The average molecular weight is 195 g/mol. The van der Waals surface area contributed by atoms with E-state index in [2.05, 4.69) is 4.72 Å². The van der Waals surface area contributed by atoms with Crippen molar-refractivity contribution in [3.05, 3.63) is 0 Å². The number of aliphatic hydroxyl groups excluding tert-OH is 1. The second-order valence-corrected chi connectivity index (χ2v) is 4.80. The molecule has 0 aromatic rings. The summed E-state index contributed by atoms with van der Waals surface area (Å²) >= 11 is 0. The molecule has 0 radical (unpaired) electrons. The van der Waals surface area contributed by atoms with Crippen LogP contribution in [-0.2, 0) is 10.0 Å². The molecule has 74 valence electrons. The minimum Gasteiger partial charge on any atom is -0.392 e. The molecule has 0 amide bonds. The maximum atomic E-state index is 11.1. The molecule has 12 heavy (non-hydrogen) atoms. The zero-order chi connectivity index (χ0) is 9.61. The molecule has 0 saturated heterocycles. The molecule has 0 aliphatic carbocycles. The minimum atomic E-state index is -3.15. The van der Waals surface area contributed by atoms with Gasteiger partial charge in [-0.15, -0.1) is 0 Å². The topological polar surface area (TPSA) is 66.4 Å². The molecular weight excluding hydrogens is 178 g/mol. The summed E-state index contributed by atoms with van der Waals surface area (Å²) in [6.45, 7) is 3.58. The van der Waals surface area contributed by atoms with Crippen molar-refractivity contribution in [2.24, 2.45) is 0 Å². The molecule has 5 heteroatoms. The highest BCUT2D eigenvalue weighted by Crippen LogP contribution is 1.93. The quantitative estimate of drug-likeness (QED) is 0.631. The fraction of sp³-hybridized carbons (Fsp3) is 1.00. The number of hydrogen-bond acceptors (Lipinski definition) is 3. The van der Waals surface area contributed by atoms with Gasteiger partial charge in [-0.25, -0.2) is 13.1 Å². The van der Waals surface area contributed by atoms with E-state index in [1.807, 2.05) is 6.92 Å². The lowest BCUT2D eigenvalue weighted by Gasteiger charge is -2.07. The van der Waals surface area contributed by atoms with Gasteiger partial charge in [-0.1, -0.05) is 13.3 Å². The van der Waals surface area contributed by atoms with Crippen LogP contribution in [0.1, 0.15) is 26.7 Å². The lowest BCUT2D eigenvalue weighted by molar-refractivity contribution is 0.198. The van der Waals surface area contributed by atoms with Crippen LogP contribution in [0.4, 0.5) is 0 Å². The Morgan fingerprint density at radius 1 is 1.50 bits per heavy atom. The first kappa shape index (κ1) is 11.9. The van der Waals surface area contributed by atoms with E-state index >= 15 is 0 Å². The standard InChI is InChI=1S/C7H17NO3S/c1-3-4-5-12(10,11)8-6-7(2)9/h7-9H,3-6H2,1-2H3. The van der Waals surface area contributed by atoms with Crippen LogP contribution in [0.2, 0.25) is 0 Å². The van der Waals surface area contributed by atoms with Gasteiger partial charge in [0.2, 0.25) is 10.0 Å². The highest BCUT2D eigenvalue weighted by Gasteiger charge is 2.09. The summed E-state index contributed by atoms with van der Waals surface area (Å²) in [7, 11) is -3.15. The monoisotopic (exact) mass is 195 g/mol. The average Bonchev–Trinajstić information content (AvgIpc) is 1.98. The second-order valence-electron chi connectivity index (χ2n) is 2.87. The van der Waals surface area contributed by atoms with Crippen LogP contribution in [0.5, 0.6) is 0 Å². The van der Waals surface area contributed by atoms with Crippen molar-refractivity contribution in [1.29, 1.82) is 0 Å². The van der Waals surface area contributed by atoms with Crippen molar-refractivity contribution in [1.82, 2.24) is 4.72 Å². The molecule has 2 N–H and O–H groups in total. The predicted molar refractivity (Wildman–Crippen MR) is 48.4 cm³/mol. The van der Waals surface area contributed by atoms with Crippen molar-refractivity contribution in [2.75, 3.05) is 12.3 Å². The molecule has 0 bridgehead atoms. The largest absolute Gasteiger partial charge is 0.392 e. The second kappa shape index (κ2) is 5.50. The van der Waals surface area contributed by atoms with E-state index in [1.54, 1.807) is 6.92 Å². The van der Waals surface area contributed by atoms with Gasteiger partial charge < -0.3 is 5.11 Å². The van der Waals surface area contributed by atoms with Crippen molar-refractivity contribution in [2.45, 2.75) is 32.8 Å². The minimum absolute atomic E-state index is 0.103. The summed E-state index contributed by atoms with van der Waals surface area (Å²) < 4.78 is 24.5. The van der Waals surface area contributed by atoms with E-state index in [4.69, 9.17) is 5.11 Å². The Bertz CT molecular complexity index is 199. The lowest BCUT2D eigenvalue weighted by Crippen LogP contribution is -2.32. The first-order chi connectivity index (χ1) is 5.48. The smallest absolute Gasteiger partial charge is 0.211 e. The Kier molecular flexibility index (Phi) is 5.44. The van der Waals surface area contributed by atoms with Gasteiger partial charge in [0, 0.05) is 6.54 Å². The molecule has 0 aromatic carbocycles. The van der Waals surface area contributed by atoms with Crippen LogP contribution in [0.15, 0.2) is 0 Å². The van der Waals surface area contributed by atoms with E-state index in [1.165, 1.54) is 0 Å². The van der Waals surface area contributed by atoms with Crippen LogP contribution in [0.3, 0.4) is 0 Å². The van der Waals surface area contributed by atoms with E-state index < -0.39 is 16.1 Å². The van der Waals surface area contributed by atoms with Gasteiger partial charge in [-0.3, -0.25) is 0 Å². The fourth-order valence-electron chi connectivity index (χ4n) is 0.654. The first-order valence-corrected chi connectivity index (χ1v) is 5.78. The van der Waals surface area contributed by atoms with Gasteiger partial charge in [0.15, 0.2) is 0 Å². The third-order valence-electron chi connectivity index (χ3n) is 1.37.